The smallest absolute Gasteiger partial charge is 0.240 e. The van der Waals surface area contributed by atoms with E-state index in [1.54, 1.807) is 28.4 Å². The zero-order valence-electron chi connectivity index (χ0n) is 14.8. The van der Waals surface area contributed by atoms with Gasteiger partial charge in [0.15, 0.2) is 17.3 Å². The first-order chi connectivity index (χ1) is 13.7. The molecule has 28 heavy (non-hydrogen) atoms. The zero-order chi connectivity index (χ0) is 19.1. The molecule has 5 rings (SSSR count). The Balaban J connectivity index is 1.58. The van der Waals surface area contributed by atoms with Crippen LogP contribution in [0.5, 0.6) is 5.88 Å². The van der Waals surface area contributed by atoms with E-state index in [1.165, 1.54) is 18.5 Å². The van der Waals surface area contributed by atoms with Gasteiger partial charge in [0.05, 0.1) is 0 Å². The third kappa shape index (κ3) is 2.73. The van der Waals surface area contributed by atoms with Crippen LogP contribution in [0.2, 0.25) is 0 Å². The van der Waals surface area contributed by atoms with E-state index in [4.69, 9.17) is 4.74 Å². The average Bonchev–Trinajstić information content (AvgIpc) is 3.25. The molecule has 138 valence electrons. The number of benzene rings is 1. The maximum atomic E-state index is 13.3. The standard InChI is InChI=1S/C19H14FN7O/c1-26-17(21-11-22-26)10-28-19-15(12-3-2-4-12)9-16-23-24-18(27(16)25-19)13-5-7-14(20)8-6-13/h2-9,11H,10H2,1H3. The summed E-state index contributed by atoms with van der Waals surface area (Å²) >= 11 is 0. The molecule has 3 aromatic heterocycles. The monoisotopic (exact) mass is 375 g/mol. The SMILES string of the molecule is Cn1ncnc1COc1nn2c(-c3ccc(F)cc3)nnc2cc1C1=CC=C1. The highest BCUT2D eigenvalue weighted by molar-refractivity contribution is 5.84. The molecule has 9 heteroatoms. The molecular weight excluding hydrogens is 361 g/mol. The number of ether oxygens (including phenoxy) is 1. The summed E-state index contributed by atoms with van der Waals surface area (Å²) in [6.07, 6.45) is 7.36. The predicted molar refractivity (Wildman–Crippen MR) is 98.6 cm³/mol. The number of halogens is 1. The number of nitrogens with zero attached hydrogens (tertiary/aromatic N) is 7. The van der Waals surface area contributed by atoms with Crippen molar-refractivity contribution in [1.29, 1.82) is 0 Å². The van der Waals surface area contributed by atoms with Crippen molar-refractivity contribution in [2.24, 2.45) is 7.05 Å². The lowest BCUT2D eigenvalue weighted by Gasteiger charge is -2.14. The quantitative estimate of drug-likeness (QED) is 0.533. The molecule has 8 nitrogen and oxygen atoms in total. The van der Waals surface area contributed by atoms with E-state index in [-0.39, 0.29) is 12.4 Å². The van der Waals surface area contributed by atoms with Gasteiger partial charge < -0.3 is 4.74 Å². The summed E-state index contributed by atoms with van der Waals surface area (Å²) in [6, 6.07) is 7.89. The lowest BCUT2D eigenvalue weighted by molar-refractivity contribution is 0.273. The minimum Gasteiger partial charge on any atom is -0.468 e. The van der Waals surface area contributed by atoms with E-state index in [0.29, 0.717) is 28.7 Å². The normalized spacial score (nSPS) is 12.9. The van der Waals surface area contributed by atoms with E-state index >= 15 is 0 Å². The molecule has 4 aromatic rings. The van der Waals surface area contributed by atoms with Crippen LogP contribution < -0.4 is 4.74 Å². The van der Waals surface area contributed by atoms with Crippen molar-refractivity contribution in [2.75, 3.05) is 0 Å². The van der Waals surface area contributed by atoms with Crippen LogP contribution in [0.1, 0.15) is 11.4 Å². The van der Waals surface area contributed by atoms with Crippen molar-refractivity contribution in [3.63, 3.8) is 0 Å². The van der Waals surface area contributed by atoms with Crippen molar-refractivity contribution >= 4 is 11.2 Å². The Bertz CT molecular complexity index is 1240. The largest absolute Gasteiger partial charge is 0.468 e. The molecule has 1 aliphatic carbocycles. The van der Waals surface area contributed by atoms with Gasteiger partial charge >= 0.3 is 0 Å². The van der Waals surface area contributed by atoms with Crippen molar-refractivity contribution in [1.82, 2.24) is 34.6 Å². The van der Waals surface area contributed by atoms with Crippen molar-refractivity contribution in [3.8, 4) is 17.3 Å². The van der Waals surface area contributed by atoms with E-state index in [9.17, 15) is 4.39 Å². The van der Waals surface area contributed by atoms with Gasteiger partial charge in [0, 0.05) is 18.2 Å². The zero-order valence-corrected chi connectivity index (χ0v) is 14.8. The molecule has 0 unspecified atom stereocenters. The first kappa shape index (κ1) is 16.3. The molecule has 0 atom stereocenters. The van der Waals surface area contributed by atoms with Crippen LogP contribution >= 0.6 is 0 Å². The molecule has 0 saturated carbocycles. The second-order valence-electron chi connectivity index (χ2n) is 6.23. The van der Waals surface area contributed by atoms with Gasteiger partial charge in [-0.1, -0.05) is 18.2 Å². The molecule has 0 N–H and O–H groups in total. The highest BCUT2D eigenvalue weighted by Gasteiger charge is 2.18. The van der Waals surface area contributed by atoms with Crippen LogP contribution in [-0.2, 0) is 13.7 Å². The number of aryl methyl sites for hydroxylation is 1. The fourth-order valence-electron chi connectivity index (χ4n) is 2.86. The molecule has 0 spiro atoms. The van der Waals surface area contributed by atoms with Gasteiger partial charge in [-0.15, -0.1) is 15.3 Å². The van der Waals surface area contributed by atoms with E-state index in [2.05, 4.69) is 25.4 Å². The first-order valence-electron chi connectivity index (χ1n) is 8.56. The number of rotatable bonds is 5. The fourth-order valence-corrected chi connectivity index (χ4v) is 2.86. The van der Waals surface area contributed by atoms with Crippen LogP contribution in [0.4, 0.5) is 4.39 Å². The number of allylic oxidation sites excluding steroid dienone is 4. The average molecular weight is 375 g/mol. The molecular formula is C19H14FN7O. The van der Waals surface area contributed by atoms with Gasteiger partial charge in [-0.2, -0.15) is 9.61 Å². The molecule has 0 saturated heterocycles. The first-order valence-corrected chi connectivity index (χ1v) is 8.56. The number of hydrogen-bond acceptors (Lipinski definition) is 6. The number of aromatic nitrogens is 7. The van der Waals surface area contributed by atoms with Crippen LogP contribution in [0.3, 0.4) is 0 Å². The molecule has 0 amide bonds. The molecule has 1 aliphatic rings. The molecule has 0 aliphatic heterocycles. The van der Waals surface area contributed by atoms with Crippen molar-refractivity contribution < 1.29 is 9.13 Å². The summed E-state index contributed by atoms with van der Waals surface area (Å²) in [4.78, 5) is 4.17. The summed E-state index contributed by atoms with van der Waals surface area (Å²) < 4.78 is 22.4. The van der Waals surface area contributed by atoms with Gasteiger partial charge in [-0.05, 0) is 35.9 Å². The second-order valence-corrected chi connectivity index (χ2v) is 6.23. The third-order valence-electron chi connectivity index (χ3n) is 4.47. The Morgan fingerprint density at radius 1 is 1.14 bits per heavy atom. The Labute approximate surface area is 158 Å². The fraction of sp³-hybridized carbons (Fsp3) is 0.105. The summed E-state index contributed by atoms with van der Waals surface area (Å²) in [6.45, 7) is 0.215. The highest BCUT2D eigenvalue weighted by Crippen LogP contribution is 2.31. The Hall–Kier alpha value is -3.88. The molecule has 0 radical (unpaired) electrons. The van der Waals surface area contributed by atoms with Gasteiger partial charge in [0.25, 0.3) is 0 Å². The molecule has 0 bridgehead atoms. The summed E-state index contributed by atoms with van der Waals surface area (Å²) in [7, 11) is 1.80. The topological polar surface area (TPSA) is 83.0 Å². The van der Waals surface area contributed by atoms with Crippen molar-refractivity contribution in [2.45, 2.75) is 6.61 Å². The lowest BCUT2D eigenvalue weighted by atomic mass is 10.0. The molecule has 3 heterocycles. The maximum Gasteiger partial charge on any atom is 0.240 e. The highest BCUT2D eigenvalue weighted by atomic mass is 19.1. The second kappa shape index (κ2) is 6.38. The van der Waals surface area contributed by atoms with Crippen LogP contribution in [0.15, 0.2) is 54.9 Å². The number of hydrogen-bond donors (Lipinski definition) is 0. The van der Waals surface area contributed by atoms with E-state index in [0.717, 1.165) is 11.1 Å². The van der Waals surface area contributed by atoms with Gasteiger partial charge in [0.1, 0.15) is 18.8 Å². The van der Waals surface area contributed by atoms with E-state index in [1.807, 2.05) is 24.3 Å². The van der Waals surface area contributed by atoms with Crippen LogP contribution in [0.25, 0.3) is 22.6 Å². The minimum absolute atomic E-state index is 0.215. The Kier molecular flexibility index (Phi) is 3.71. The van der Waals surface area contributed by atoms with Crippen LogP contribution in [0, 0.1) is 5.82 Å². The third-order valence-corrected chi connectivity index (χ3v) is 4.47. The molecule has 1 aromatic carbocycles. The van der Waals surface area contributed by atoms with Gasteiger partial charge in [-0.3, -0.25) is 4.68 Å². The Morgan fingerprint density at radius 2 is 1.96 bits per heavy atom. The summed E-state index contributed by atoms with van der Waals surface area (Å²) in [5, 5.41) is 17.1. The minimum atomic E-state index is -0.316. The molecule has 0 fully saturated rings. The predicted octanol–water partition coefficient (Wildman–Crippen LogP) is 2.59. The number of fused-ring (bicyclic) bond motifs is 1. The van der Waals surface area contributed by atoms with Gasteiger partial charge in [-0.25, -0.2) is 9.37 Å². The van der Waals surface area contributed by atoms with Crippen LogP contribution in [-0.4, -0.2) is 34.6 Å². The Morgan fingerprint density at radius 3 is 2.64 bits per heavy atom. The van der Waals surface area contributed by atoms with Gasteiger partial charge in [0.2, 0.25) is 5.88 Å². The summed E-state index contributed by atoms with van der Waals surface area (Å²) in [5.41, 5.74) is 3.09. The lowest BCUT2D eigenvalue weighted by Crippen LogP contribution is -2.09. The maximum absolute atomic E-state index is 13.3. The van der Waals surface area contributed by atoms with E-state index < -0.39 is 0 Å². The van der Waals surface area contributed by atoms with Crippen molar-refractivity contribution in [3.05, 3.63) is 72.1 Å². The summed E-state index contributed by atoms with van der Waals surface area (Å²) in [5.74, 6) is 1.29.